The van der Waals surface area contributed by atoms with Gasteiger partial charge in [0.1, 0.15) is 6.04 Å². The number of nitrogens with zero attached hydrogens (tertiary/aromatic N) is 1. The molecule has 1 saturated heterocycles. The van der Waals surface area contributed by atoms with Crippen LogP contribution in [0.4, 0.5) is 0 Å². The fraction of sp³-hybridized carbons (Fsp3) is 0.467. The molecule has 0 unspecified atom stereocenters. The average Bonchev–Trinajstić information content (AvgIpc) is 2.51. The van der Waals surface area contributed by atoms with Crippen LogP contribution in [-0.4, -0.2) is 49.1 Å². The molecule has 0 aromatic heterocycles. The molecule has 2 rings (SSSR count). The summed E-state index contributed by atoms with van der Waals surface area (Å²) < 4.78 is 5.21. The lowest BCUT2D eigenvalue weighted by Gasteiger charge is -2.29. The molecule has 5 nitrogen and oxygen atoms in total. The molecular formula is C15H18Cl2N2O3. The van der Waals surface area contributed by atoms with Crippen LogP contribution in [0.15, 0.2) is 18.2 Å². The van der Waals surface area contributed by atoms with Gasteiger partial charge >= 0.3 is 0 Å². The van der Waals surface area contributed by atoms with Gasteiger partial charge in [-0.15, -0.1) is 0 Å². The van der Waals surface area contributed by atoms with Crippen molar-refractivity contribution < 1.29 is 14.3 Å². The zero-order valence-electron chi connectivity index (χ0n) is 12.3. The first-order valence-electron chi connectivity index (χ1n) is 7.08. The average molecular weight is 345 g/mol. The molecule has 0 spiro atoms. The minimum atomic E-state index is -0.591. The van der Waals surface area contributed by atoms with E-state index < -0.39 is 6.04 Å². The van der Waals surface area contributed by atoms with Crippen LogP contribution in [0.3, 0.4) is 0 Å². The Labute approximate surface area is 139 Å². The molecule has 0 saturated carbocycles. The second-order valence-electron chi connectivity index (χ2n) is 5.10. The SMILES string of the molecule is C[C@@H](NC(=O)Cc1c(Cl)cccc1Cl)C(=O)N1CCOCC1. The number of ether oxygens (including phenoxy) is 1. The van der Waals surface area contributed by atoms with E-state index >= 15 is 0 Å². The lowest BCUT2D eigenvalue weighted by molar-refractivity contribution is -0.139. The third kappa shape index (κ3) is 4.35. The summed E-state index contributed by atoms with van der Waals surface area (Å²) in [4.78, 5) is 26.0. The molecule has 1 aliphatic heterocycles. The van der Waals surface area contributed by atoms with Crippen LogP contribution in [0.1, 0.15) is 12.5 Å². The van der Waals surface area contributed by atoms with Gasteiger partial charge in [-0.1, -0.05) is 29.3 Å². The first-order valence-corrected chi connectivity index (χ1v) is 7.83. The highest BCUT2D eigenvalue weighted by molar-refractivity contribution is 6.36. The maximum absolute atomic E-state index is 12.2. The molecule has 0 aliphatic carbocycles. The Bertz CT molecular complexity index is 539. The molecule has 1 atom stereocenters. The van der Waals surface area contributed by atoms with Crippen LogP contribution in [0.25, 0.3) is 0 Å². The van der Waals surface area contributed by atoms with Crippen LogP contribution in [-0.2, 0) is 20.7 Å². The second kappa shape index (κ2) is 7.81. The maximum atomic E-state index is 12.2. The zero-order chi connectivity index (χ0) is 16.1. The van der Waals surface area contributed by atoms with E-state index in [1.807, 2.05) is 0 Å². The summed E-state index contributed by atoms with van der Waals surface area (Å²) in [5.74, 6) is -0.397. The fourth-order valence-electron chi connectivity index (χ4n) is 2.27. The first-order chi connectivity index (χ1) is 10.5. The fourth-order valence-corrected chi connectivity index (χ4v) is 2.80. The van der Waals surface area contributed by atoms with Crippen LogP contribution in [0.2, 0.25) is 10.0 Å². The largest absolute Gasteiger partial charge is 0.378 e. The van der Waals surface area contributed by atoms with Crippen molar-refractivity contribution >= 4 is 35.0 Å². The quantitative estimate of drug-likeness (QED) is 0.907. The number of hydrogen-bond acceptors (Lipinski definition) is 3. The van der Waals surface area contributed by atoms with E-state index in [-0.39, 0.29) is 18.2 Å². The van der Waals surface area contributed by atoms with E-state index in [0.29, 0.717) is 41.9 Å². The molecule has 120 valence electrons. The van der Waals surface area contributed by atoms with Crippen LogP contribution in [0, 0.1) is 0 Å². The van der Waals surface area contributed by atoms with Gasteiger partial charge in [-0.2, -0.15) is 0 Å². The summed E-state index contributed by atoms with van der Waals surface area (Å²) in [5.41, 5.74) is 0.564. The van der Waals surface area contributed by atoms with Gasteiger partial charge < -0.3 is 15.0 Å². The van der Waals surface area contributed by atoms with Gasteiger partial charge in [-0.25, -0.2) is 0 Å². The Balaban J connectivity index is 1.92. The summed E-state index contributed by atoms with van der Waals surface area (Å²) in [6.45, 7) is 3.83. The number of rotatable bonds is 4. The highest BCUT2D eigenvalue weighted by atomic mass is 35.5. The highest BCUT2D eigenvalue weighted by Gasteiger charge is 2.24. The smallest absolute Gasteiger partial charge is 0.245 e. The molecule has 1 N–H and O–H groups in total. The second-order valence-corrected chi connectivity index (χ2v) is 5.92. The van der Waals surface area contributed by atoms with Crippen molar-refractivity contribution in [2.24, 2.45) is 0 Å². The van der Waals surface area contributed by atoms with Gasteiger partial charge in [0, 0.05) is 23.1 Å². The Morgan fingerprint density at radius 2 is 1.86 bits per heavy atom. The van der Waals surface area contributed by atoms with Gasteiger partial charge in [0.15, 0.2) is 0 Å². The summed E-state index contributed by atoms with van der Waals surface area (Å²) in [5, 5.41) is 3.57. The molecule has 1 heterocycles. The molecule has 7 heteroatoms. The number of amides is 2. The molecule has 22 heavy (non-hydrogen) atoms. The van der Waals surface area contributed by atoms with Crippen molar-refractivity contribution in [3.8, 4) is 0 Å². The van der Waals surface area contributed by atoms with Crippen molar-refractivity contribution in [3.05, 3.63) is 33.8 Å². The number of morpholine rings is 1. The summed E-state index contributed by atoms with van der Waals surface area (Å²) >= 11 is 12.1. The lowest BCUT2D eigenvalue weighted by atomic mass is 10.1. The van der Waals surface area contributed by atoms with Gasteiger partial charge in [0.2, 0.25) is 11.8 Å². The third-order valence-electron chi connectivity index (χ3n) is 3.47. The number of carbonyl (C=O) groups is 2. The Kier molecular flexibility index (Phi) is 6.06. The van der Waals surface area contributed by atoms with Gasteiger partial charge in [-0.3, -0.25) is 9.59 Å². The summed E-state index contributed by atoms with van der Waals surface area (Å²) in [7, 11) is 0. The van der Waals surface area contributed by atoms with Crippen LogP contribution in [0.5, 0.6) is 0 Å². The normalized spacial score (nSPS) is 16.2. The number of hydrogen-bond donors (Lipinski definition) is 1. The van der Waals surface area contributed by atoms with E-state index in [2.05, 4.69) is 5.32 Å². The summed E-state index contributed by atoms with van der Waals surface area (Å²) in [6, 6.07) is 4.49. The molecule has 1 fully saturated rings. The van der Waals surface area contributed by atoms with Crippen LogP contribution >= 0.6 is 23.2 Å². The standard InChI is InChI=1S/C15H18Cl2N2O3/c1-10(15(21)19-5-7-22-8-6-19)18-14(20)9-11-12(16)3-2-4-13(11)17/h2-4,10H,5-9H2,1H3,(H,18,20)/t10-/m1/s1. The Hall–Kier alpha value is -1.30. The number of carbonyl (C=O) groups excluding carboxylic acids is 2. The van der Waals surface area contributed by atoms with Crippen molar-refractivity contribution in [2.75, 3.05) is 26.3 Å². The first kappa shape index (κ1) is 17.1. The molecular weight excluding hydrogens is 327 g/mol. The van der Waals surface area contributed by atoms with Gasteiger partial charge in [-0.05, 0) is 24.6 Å². The lowest BCUT2D eigenvalue weighted by Crippen LogP contribution is -2.50. The van der Waals surface area contributed by atoms with Crippen LogP contribution < -0.4 is 5.32 Å². The van der Waals surface area contributed by atoms with Crippen molar-refractivity contribution in [1.29, 1.82) is 0 Å². The van der Waals surface area contributed by atoms with Gasteiger partial charge in [0.25, 0.3) is 0 Å². The monoisotopic (exact) mass is 344 g/mol. The molecule has 1 aromatic rings. The van der Waals surface area contributed by atoms with Crippen molar-refractivity contribution in [2.45, 2.75) is 19.4 Å². The zero-order valence-corrected chi connectivity index (χ0v) is 13.8. The molecule has 0 radical (unpaired) electrons. The Morgan fingerprint density at radius 3 is 2.45 bits per heavy atom. The topological polar surface area (TPSA) is 58.6 Å². The van der Waals surface area contributed by atoms with E-state index in [0.717, 1.165) is 0 Å². The highest BCUT2D eigenvalue weighted by Crippen LogP contribution is 2.24. The van der Waals surface area contributed by atoms with E-state index in [1.165, 1.54) is 0 Å². The number of halogens is 2. The maximum Gasteiger partial charge on any atom is 0.245 e. The van der Waals surface area contributed by atoms with Crippen molar-refractivity contribution in [1.82, 2.24) is 10.2 Å². The minimum Gasteiger partial charge on any atom is -0.378 e. The molecule has 1 aliphatic rings. The summed E-state index contributed by atoms with van der Waals surface area (Å²) in [6.07, 6.45) is 0.0409. The number of nitrogens with one attached hydrogen (secondary N) is 1. The minimum absolute atomic E-state index is 0.0409. The van der Waals surface area contributed by atoms with E-state index in [9.17, 15) is 9.59 Å². The Morgan fingerprint density at radius 1 is 1.27 bits per heavy atom. The van der Waals surface area contributed by atoms with E-state index in [1.54, 1.807) is 30.0 Å². The molecule has 1 aromatic carbocycles. The molecule has 0 bridgehead atoms. The van der Waals surface area contributed by atoms with E-state index in [4.69, 9.17) is 27.9 Å². The third-order valence-corrected chi connectivity index (χ3v) is 4.18. The van der Waals surface area contributed by atoms with Crippen molar-refractivity contribution in [3.63, 3.8) is 0 Å². The van der Waals surface area contributed by atoms with Gasteiger partial charge in [0.05, 0.1) is 19.6 Å². The predicted octanol–water partition coefficient (Wildman–Crippen LogP) is 1.90. The predicted molar refractivity (Wildman–Crippen MR) is 85.2 cm³/mol. The number of benzene rings is 1. The molecule has 2 amide bonds.